The lowest BCUT2D eigenvalue weighted by Crippen LogP contribution is -2.37. The summed E-state index contributed by atoms with van der Waals surface area (Å²) in [6.07, 6.45) is 0. The molecule has 0 aliphatic heterocycles. The average Bonchev–Trinajstić information content (AvgIpc) is 2.54. The number of thiocarbonyl (C=S) groups is 1. The summed E-state index contributed by atoms with van der Waals surface area (Å²) in [4.78, 5) is 22.5. The summed E-state index contributed by atoms with van der Waals surface area (Å²) in [7, 11) is 0. The van der Waals surface area contributed by atoms with Gasteiger partial charge in [0.1, 0.15) is 5.75 Å². The van der Waals surface area contributed by atoms with E-state index >= 15 is 0 Å². The van der Waals surface area contributed by atoms with Crippen molar-refractivity contribution in [1.82, 2.24) is 5.32 Å². The topological polar surface area (TPSA) is 87.7 Å². The largest absolute Gasteiger partial charge is 0.484 e. The van der Waals surface area contributed by atoms with Crippen LogP contribution in [0.3, 0.4) is 0 Å². The standard InChI is InChI=1S/C16H13ClN2O4S/c17-11-3-7-13(8-4-11)23-9-14(20)19-16(24)18-12-5-1-10(2-6-12)15(21)22/h1-8H,9H2,(H,21,22)(H2,18,19,20,24). The summed E-state index contributed by atoms with van der Waals surface area (Å²) in [5.74, 6) is -0.931. The van der Waals surface area contributed by atoms with E-state index in [-0.39, 0.29) is 17.3 Å². The number of nitrogens with one attached hydrogen (secondary N) is 2. The molecule has 0 heterocycles. The second-order valence-corrected chi connectivity index (χ2v) is 5.47. The molecule has 1 amide bonds. The second kappa shape index (κ2) is 8.28. The van der Waals surface area contributed by atoms with Crippen molar-refractivity contribution < 1.29 is 19.4 Å². The summed E-state index contributed by atoms with van der Waals surface area (Å²) < 4.78 is 5.29. The number of halogens is 1. The highest BCUT2D eigenvalue weighted by Crippen LogP contribution is 2.15. The minimum absolute atomic E-state index is 0.0859. The molecule has 0 unspecified atom stereocenters. The van der Waals surface area contributed by atoms with Gasteiger partial charge in [0.2, 0.25) is 0 Å². The van der Waals surface area contributed by atoms with Gasteiger partial charge in [-0.15, -0.1) is 0 Å². The number of rotatable bonds is 5. The van der Waals surface area contributed by atoms with Crippen LogP contribution in [0.1, 0.15) is 10.4 Å². The number of benzene rings is 2. The molecule has 0 aliphatic carbocycles. The molecule has 0 fully saturated rings. The number of anilines is 1. The summed E-state index contributed by atoms with van der Waals surface area (Å²) in [5, 5.41) is 14.7. The van der Waals surface area contributed by atoms with Crippen LogP contribution in [0.25, 0.3) is 0 Å². The Hall–Kier alpha value is -2.64. The number of hydrogen-bond donors (Lipinski definition) is 3. The number of carboxylic acids is 1. The Kier molecular flexibility index (Phi) is 6.11. The first-order valence-corrected chi connectivity index (χ1v) is 7.55. The first-order chi connectivity index (χ1) is 11.4. The van der Waals surface area contributed by atoms with E-state index in [4.69, 9.17) is 33.7 Å². The number of aromatic carboxylic acids is 1. The van der Waals surface area contributed by atoms with Crippen molar-refractivity contribution in [3.63, 3.8) is 0 Å². The maximum Gasteiger partial charge on any atom is 0.335 e. The maximum absolute atomic E-state index is 11.8. The Morgan fingerprint density at radius 3 is 2.29 bits per heavy atom. The Bertz CT molecular complexity index is 748. The molecular weight excluding hydrogens is 352 g/mol. The molecular formula is C16H13ClN2O4S. The van der Waals surface area contributed by atoms with Crippen LogP contribution < -0.4 is 15.4 Å². The fourth-order valence-electron chi connectivity index (χ4n) is 1.70. The average molecular weight is 365 g/mol. The molecule has 0 bridgehead atoms. The predicted octanol–water partition coefficient (Wildman–Crippen LogP) is 2.93. The van der Waals surface area contributed by atoms with Crippen molar-refractivity contribution in [3.8, 4) is 5.75 Å². The molecule has 2 aromatic rings. The summed E-state index contributed by atoms with van der Waals surface area (Å²) in [6, 6.07) is 12.6. The molecule has 24 heavy (non-hydrogen) atoms. The van der Waals surface area contributed by atoms with Crippen LogP contribution in [0.2, 0.25) is 5.02 Å². The van der Waals surface area contributed by atoms with Crippen molar-refractivity contribution >= 4 is 46.5 Å². The fraction of sp³-hybridized carbons (Fsp3) is 0.0625. The van der Waals surface area contributed by atoms with Gasteiger partial charge in [0.05, 0.1) is 5.56 Å². The highest BCUT2D eigenvalue weighted by molar-refractivity contribution is 7.80. The van der Waals surface area contributed by atoms with Crippen LogP contribution in [-0.2, 0) is 4.79 Å². The zero-order valence-electron chi connectivity index (χ0n) is 12.3. The molecule has 0 saturated carbocycles. The third-order valence-electron chi connectivity index (χ3n) is 2.83. The van der Waals surface area contributed by atoms with Gasteiger partial charge in [-0.2, -0.15) is 0 Å². The molecule has 2 rings (SSSR count). The maximum atomic E-state index is 11.8. The molecule has 8 heteroatoms. The van der Waals surface area contributed by atoms with E-state index in [1.807, 2.05) is 0 Å². The smallest absolute Gasteiger partial charge is 0.335 e. The van der Waals surface area contributed by atoms with Crippen molar-refractivity contribution in [1.29, 1.82) is 0 Å². The molecule has 0 radical (unpaired) electrons. The third kappa shape index (κ3) is 5.53. The monoisotopic (exact) mass is 364 g/mol. The van der Waals surface area contributed by atoms with E-state index in [0.29, 0.717) is 16.5 Å². The van der Waals surface area contributed by atoms with E-state index in [2.05, 4.69) is 10.6 Å². The number of hydrogen-bond acceptors (Lipinski definition) is 4. The Morgan fingerprint density at radius 1 is 1.08 bits per heavy atom. The number of amides is 1. The second-order valence-electron chi connectivity index (χ2n) is 4.63. The molecule has 124 valence electrons. The van der Waals surface area contributed by atoms with Gasteiger partial charge in [0, 0.05) is 10.7 Å². The van der Waals surface area contributed by atoms with Crippen molar-refractivity contribution in [2.45, 2.75) is 0 Å². The minimum Gasteiger partial charge on any atom is -0.484 e. The van der Waals surface area contributed by atoms with Gasteiger partial charge in [-0.05, 0) is 60.7 Å². The van der Waals surface area contributed by atoms with E-state index in [9.17, 15) is 9.59 Å². The highest BCUT2D eigenvalue weighted by Gasteiger charge is 2.07. The van der Waals surface area contributed by atoms with Gasteiger partial charge in [-0.1, -0.05) is 11.6 Å². The molecule has 0 atom stereocenters. The first-order valence-electron chi connectivity index (χ1n) is 6.76. The summed E-state index contributed by atoms with van der Waals surface area (Å²) >= 11 is 10.8. The van der Waals surface area contributed by atoms with E-state index in [0.717, 1.165) is 0 Å². The SMILES string of the molecule is O=C(COc1ccc(Cl)cc1)NC(=S)Nc1ccc(C(=O)O)cc1. The Balaban J connectivity index is 1.79. The van der Waals surface area contributed by atoms with Crippen LogP contribution in [0.5, 0.6) is 5.75 Å². The van der Waals surface area contributed by atoms with Crippen molar-refractivity contribution in [2.75, 3.05) is 11.9 Å². The number of carbonyl (C=O) groups excluding carboxylic acids is 1. The molecule has 0 saturated heterocycles. The van der Waals surface area contributed by atoms with Crippen molar-refractivity contribution in [2.24, 2.45) is 0 Å². The lowest BCUT2D eigenvalue weighted by atomic mass is 10.2. The fourth-order valence-corrected chi connectivity index (χ4v) is 2.06. The molecule has 6 nitrogen and oxygen atoms in total. The van der Waals surface area contributed by atoms with Crippen LogP contribution in [0.15, 0.2) is 48.5 Å². The number of carbonyl (C=O) groups is 2. The van der Waals surface area contributed by atoms with Gasteiger partial charge < -0.3 is 15.2 Å². The summed E-state index contributed by atoms with van der Waals surface area (Å²) in [6.45, 7) is -0.207. The van der Waals surface area contributed by atoms with E-state index in [1.165, 1.54) is 12.1 Å². The molecule has 0 aromatic heterocycles. The van der Waals surface area contributed by atoms with Gasteiger partial charge in [0.25, 0.3) is 5.91 Å². The van der Waals surface area contributed by atoms with Crippen LogP contribution in [0, 0.1) is 0 Å². The zero-order valence-corrected chi connectivity index (χ0v) is 13.9. The van der Waals surface area contributed by atoms with Gasteiger partial charge in [0.15, 0.2) is 11.7 Å². The lowest BCUT2D eigenvalue weighted by Gasteiger charge is -2.10. The highest BCUT2D eigenvalue weighted by atomic mass is 35.5. The zero-order chi connectivity index (χ0) is 17.5. The van der Waals surface area contributed by atoms with E-state index < -0.39 is 11.9 Å². The van der Waals surface area contributed by atoms with Gasteiger partial charge >= 0.3 is 5.97 Å². The molecule has 3 N–H and O–H groups in total. The normalized spacial score (nSPS) is 9.88. The number of carboxylic acid groups (broad SMARTS) is 1. The summed E-state index contributed by atoms with van der Waals surface area (Å²) in [5.41, 5.74) is 0.718. The van der Waals surface area contributed by atoms with Crippen LogP contribution >= 0.6 is 23.8 Å². The number of ether oxygens (including phenoxy) is 1. The minimum atomic E-state index is -1.02. The third-order valence-corrected chi connectivity index (χ3v) is 3.28. The molecule has 0 spiro atoms. The van der Waals surface area contributed by atoms with Crippen LogP contribution in [-0.4, -0.2) is 28.7 Å². The Morgan fingerprint density at radius 2 is 1.71 bits per heavy atom. The predicted molar refractivity (Wildman–Crippen MR) is 94.7 cm³/mol. The molecule has 2 aromatic carbocycles. The van der Waals surface area contributed by atoms with E-state index in [1.54, 1.807) is 36.4 Å². The first kappa shape index (κ1) is 17.7. The molecule has 0 aliphatic rings. The van der Waals surface area contributed by atoms with Gasteiger partial charge in [-0.25, -0.2) is 4.79 Å². The van der Waals surface area contributed by atoms with Crippen molar-refractivity contribution in [3.05, 3.63) is 59.1 Å². The van der Waals surface area contributed by atoms with Gasteiger partial charge in [-0.3, -0.25) is 10.1 Å². The Labute approximate surface area is 148 Å². The lowest BCUT2D eigenvalue weighted by molar-refractivity contribution is -0.121. The van der Waals surface area contributed by atoms with Crippen LogP contribution in [0.4, 0.5) is 5.69 Å². The quantitative estimate of drug-likeness (QED) is 0.707.